The van der Waals surface area contributed by atoms with Gasteiger partial charge in [-0.15, -0.1) is 0 Å². The molecule has 0 radical (unpaired) electrons. The van der Waals surface area contributed by atoms with Gasteiger partial charge in [-0.05, 0) is 39.8 Å². The Morgan fingerprint density at radius 2 is 1.57 bits per heavy atom. The SMILES string of the molecule is C=C(C(C)CCC(C)N(C)C)N(C)C. The summed E-state index contributed by atoms with van der Waals surface area (Å²) < 4.78 is 0. The molecule has 0 bridgehead atoms. The second-order valence-corrected chi connectivity index (χ2v) is 4.68. The van der Waals surface area contributed by atoms with E-state index in [1.165, 1.54) is 18.5 Å². The standard InChI is InChI=1S/C12H26N2/c1-10(12(3)14(6)7)8-9-11(2)13(4)5/h10-11H,3,8-9H2,1-2,4-7H3. The molecule has 0 rings (SSSR count). The van der Waals surface area contributed by atoms with Gasteiger partial charge < -0.3 is 9.80 Å². The molecule has 0 aromatic rings. The van der Waals surface area contributed by atoms with Gasteiger partial charge in [0.15, 0.2) is 0 Å². The third kappa shape index (κ3) is 4.66. The summed E-state index contributed by atoms with van der Waals surface area (Å²) in [6, 6.07) is 0.660. The Kier molecular flexibility index (Phi) is 5.86. The smallest absolute Gasteiger partial charge is 0.00832 e. The molecule has 0 amide bonds. The Morgan fingerprint density at radius 1 is 1.07 bits per heavy atom. The van der Waals surface area contributed by atoms with E-state index in [-0.39, 0.29) is 0 Å². The molecule has 0 aromatic carbocycles. The van der Waals surface area contributed by atoms with Crippen molar-refractivity contribution in [2.45, 2.75) is 32.7 Å². The lowest BCUT2D eigenvalue weighted by Crippen LogP contribution is -2.26. The molecule has 0 aromatic heterocycles. The van der Waals surface area contributed by atoms with Gasteiger partial charge in [0.25, 0.3) is 0 Å². The Morgan fingerprint density at radius 3 is 1.93 bits per heavy atom. The van der Waals surface area contributed by atoms with Crippen molar-refractivity contribution >= 4 is 0 Å². The monoisotopic (exact) mass is 198 g/mol. The van der Waals surface area contributed by atoms with Crippen molar-refractivity contribution in [2.75, 3.05) is 28.2 Å². The van der Waals surface area contributed by atoms with Crippen LogP contribution in [0, 0.1) is 5.92 Å². The van der Waals surface area contributed by atoms with Gasteiger partial charge in [0.05, 0.1) is 0 Å². The molecule has 0 fully saturated rings. The van der Waals surface area contributed by atoms with Crippen LogP contribution in [0.25, 0.3) is 0 Å². The van der Waals surface area contributed by atoms with Crippen LogP contribution in [0.2, 0.25) is 0 Å². The van der Waals surface area contributed by atoms with Crippen molar-refractivity contribution in [3.8, 4) is 0 Å². The van der Waals surface area contributed by atoms with Crippen molar-refractivity contribution in [1.82, 2.24) is 9.80 Å². The number of hydrogen-bond donors (Lipinski definition) is 0. The average Bonchev–Trinajstić information content (AvgIpc) is 2.11. The van der Waals surface area contributed by atoms with Gasteiger partial charge in [0, 0.05) is 25.8 Å². The van der Waals surface area contributed by atoms with E-state index in [2.05, 4.69) is 58.4 Å². The van der Waals surface area contributed by atoms with Crippen LogP contribution in [-0.2, 0) is 0 Å². The van der Waals surface area contributed by atoms with Gasteiger partial charge in [0.1, 0.15) is 0 Å². The Bertz CT molecular complexity index is 173. The molecule has 0 saturated carbocycles. The third-order valence-electron chi connectivity index (χ3n) is 3.04. The molecule has 0 spiro atoms. The minimum absolute atomic E-state index is 0.590. The first kappa shape index (κ1) is 13.5. The van der Waals surface area contributed by atoms with Crippen molar-refractivity contribution in [2.24, 2.45) is 5.92 Å². The van der Waals surface area contributed by atoms with Crippen LogP contribution in [0.5, 0.6) is 0 Å². The molecule has 2 heteroatoms. The molecule has 2 unspecified atom stereocenters. The highest BCUT2D eigenvalue weighted by Gasteiger charge is 2.11. The predicted octanol–water partition coefficient (Wildman–Crippen LogP) is 2.43. The van der Waals surface area contributed by atoms with Gasteiger partial charge in [-0.2, -0.15) is 0 Å². The normalized spacial score (nSPS) is 15.4. The molecule has 0 aliphatic rings. The highest BCUT2D eigenvalue weighted by Crippen LogP contribution is 2.18. The van der Waals surface area contributed by atoms with Crippen LogP contribution in [-0.4, -0.2) is 44.0 Å². The molecule has 0 heterocycles. The summed E-state index contributed by atoms with van der Waals surface area (Å²) in [6.45, 7) is 8.61. The Labute approximate surface area is 89.6 Å². The second-order valence-electron chi connectivity index (χ2n) is 4.68. The fourth-order valence-corrected chi connectivity index (χ4v) is 1.36. The molecule has 2 nitrogen and oxygen atoms in total. The number of rotatable bonds is 6. The summed E-state index contributed by atoms with van der Waals surface area (Å²) in [7, 11) is 8.40. The summed E-state index contributed by atoms with van der Waals surface area (Å²) in [5.74, 6) is 0.590. The lowest BCUT2D eigenvalue weighted by molar-refractivity contribution is 0.279. The Balaban J connectivity index is 3.85. The summed E-state index contributed by atoms with van der Waals surface area (Å²) in [5, 5.41) is 0. The topological polar surface area (TPSA) is 6.48 Å². The summed E-state index contributed by atoms with van der Waals surface area (Å²) in [5.41, 5.74) is 1.23. The summed E-state index contributed by atoms with van der Waals surface area (Å²) >= 11 is 0. The van der Waals surface area contributed by atoms with E-state index < -0.39 is 0 Å². The van der Waals surface area contributed by atoms with Gasteiger partial charge in [-0.25, -0.2) is 0 Å². The first-order valence-electron chi connectivity index (χ1n) is 5.38. The van der Waals surface area contributed by atoms with Crippen LogP contribution >= 0.6 is 0 Å². The molecule has 2 atom stereocenters. The van der Waals surface area contributed by atoms with E-state index in [4.69, 9.17) is 0 Å². The van der Waals surface area contributed by atoms with E-state index in [1.54, 1.807) is 0 Å². The maximum Gasteiger partial charge on any atom is 0.00832 e. The zero-order chi connectivity index (χ0) is 11.3. The fourth-order valence-electron chi connectivity index (χ4n) is 1.36. The van der Waals surface area contributed by atoms with E-state index in [0.717, 1.165) is 0 Å². The van der Waals surface area contributed by atoms with Gasteiger partial charge in [-0.1, -0.05) is 13.5 Å². The van der Waals surface area contributed by atoms with Crippen molar-refractivity contribution in [3.63, 3.8) is 0 Å². The van der Waals surface area contributed by atoms with Crippen molar-refractivity contribution < 1.29 is 0 Å². The number of hydrogen-bond acceptors (Lipinski definition) is 2. The van der Waals surface area contributed by atoms with Crippen LogP contribution in [0.1, 0.15) is 26.7 Å². The molecule has 0 aliphatic heterocycles. The average molecular weight is 198 g/mol. The van der Waals surface area contributed by atoms with Crippen LogP contribution in [0.3, 0.4) is 0 Å². The highest BCUT2D eigenvalue weighted by molar-refractivity contribution is 4.96. The zero-order valence-electron chi connectivity index (χ0n) is 10.7. The van der Waals surface area contributed by atoms with Gasteiger partial charge in [-0.3, -0.25) is 0 Å². The lowest BCUT2D eigenvalue weighted by Gasteiger charge is -2.25. The largest absolute Gasteiger partial charge is 0.381 e. The van der Waals surface area contributed by atoms with Crippen LogP contribution in [0.4, 0.5) is 0 Å². The summed E-state index contributed by atoms with van der Waals surface area (Å²) in [4.78, 5) is 4.39. The third-order valence-corrected chi connectivity index (χ3v) is 3.04. The maximum absolute atomic E-state index is 4.09. The molecule has 0 saturated heterocycles. The van der Waals surface area contributed by atoms with E-state index in [9.17, 15) is 0 Å². The fraction of sp³-hybridized carbons (Fsp3) is 0.833. The van der Waals surface area contributed by atoms with E-state index >= 15 is 0 Å². The summed E-state index contributed by atoms with van der Waals surface area (Å²) in [6.07, 6.45) is 2.46. The molecule has 84 valence electrons. The van der Waals surface area contributed by atoms with Gasteiger partial charge in [0.2, 0.25) is 0 Å². The van der Waals surface area contributed by atoms with E-state index in [1.807, 2.05) is 0 Å². The first-order valence-corrected chi connectivity index (χ1v) is 5.38. The van der Waals surface area contributed by atoms with E-state index in [0.29, 0.717) is 12.0 Å². The first-order chi connectivity index (χ1) is 6.36. The van der Waals surface area contributed by atoms with Crippen molar-refractivity contribution in [3.05, 3.63) is 12.3 Å². The predicted molar refractivity (Wildman–Crippen MR) is 64.4 cm³/mol. The molecular formula is C12H26N2. The minimum atomic E-state index is 0.590. The second kappa shape index (κ2) is 6.07. The lowest BCUT2D eigenvalue weighted by atomic mass is 9.99. The highest BCUT2D eigenvalue weighted by atomic mass is 15.1. The van der Waals surface area contributed by atoms with Crippen LogP contribution < -0.4 is 0 Å². The quantitative estimate of drug-likeness (QED) is 0.647. The van der Waals surface area contributed by atoms with Crippen molar-refractivity contribution in [1.29, 1.82) is 0 Å². The Hall–Kier alpha value is -0.500. The van der Waals surface area contributed by atoms with Crippen LogP contribution in [0.15, 0.2) is 12.3 Å². The molecule has 0 aliphatic carbocycles. The number of nitrogens with zero attached hydrogens (tertiary/aromatic N) is 2. The molecule has 14 heavy (non-hydrogen) atoms. The number of allylic oxidation sites excluding steroid dienone is 1. The molecule has 0 N–H and O–H groups in total. The minimum Gasteiger partial charge on any atom is -0.381 e. The molecular weight excluding hydrogens is 172 g/mol. The zero-order valence-corrected chi connectivity index (χ0v) is 10.7. The van der Waals surface area contributed by atoms with Gasteiger partial charge >= 0.3 is 0 Å². The maximum atomic E-state index is 4.09.